The zero-order valence-electron chi connectivity index (χ0n) is 11.4. The van der Waals surface area contributed by atoms with Crippen molar-refractivity contribution in [2.75, 3.05) is 27.4 Å². The second-order valence-corrected chi connectivity index (χ2v) is 4.20. The smallest absolute Gasteiger partial charge is 0.191 e. The Hall–Kier alpha value is -2.04. The Morgan fingerprint density at radius 2 is 2.16 bits per heavy atom. The molecule has 0 atom stereocenters. The maximum absolute atomic E-state index is 12.3. The number of ketones is 1. The van der Waals surface area contributed by atoms with Crippen LogP contribution in [-0.2, 0) is 4.74 Å². The first-order valence-electron chi connectivity index (χ1n) is 6.08. The van der Waals surface area contributed by atoms with Crippen LogP contribution >= 0.6 is 0 Å². The molecule has 0 spiro atoms. The Balaban J connectivity index is 2.28. The molecule has 1 heterocycles. The number of aliphatic imine (C=N–C) groups is 1. The Bertz CT molecular complexity index is 522. The summed E-state index contributed by atoms with van der Waals surface area (Å²) < 4.78 is 15.8. The van der Waals surface area contributed by atoms with Gasteiger partial charge in [-0.05, 0) is 19.1 Å². The third kappa shape index (κ3) is 2.70. The topological polar surface area (TPSA) is 57.1 Å². The molecule has 5 nitrogen and oxygen atoms in total. The van der Waals surface area contributed by atoms with Gasteiger partial charge in [0.2, 0.25) is 0 Å². The largest absolute Gasteiger partial charge is 0.496 e. The summed E-state index contributed by atoms with van der Waals surface area (Å²) in [6.45, 7) is 3.04. The van der Waals surface area contributed by atoms with Gasteiger partial charge in [-0.25, -0.2) is 0 Å². The minimum Gasteiger partial charge on any atom is -0.496 e. The monoisotopic (exact) mass is 263 g/mol. The molecule has 5 heteroatoms. The first-order chi connectivity index (χ1) is 9.17. The van der Waals surface area contributed by atoms with Crippen molar-refractivity contribution in [3.05, 3.63) is 23.3 Å². The number of carbonyl (C=O) groups is 1. The third-order valence-corrected chi connectivity index (χ3v) is 3.04. The van der Waals surface area contributed by atoms with Gasteiger partial charge in [-0.3, -0.25) is 9.79 Å². The van der Waals surface area contributed by atoms with Gasteiger partial charge in [-0.15, -0.1) is 0 Å². The number of rotatable bonds is 5. The van der Waals surface area contributed by atoms with Crippen LogP contribution in [0.1, 0.15) is 22.3 Å². The van der Waals surface area contributed by atoms with E-state index in [-0.39, 0.29) is 12.2 Å². The highest BCUT2D eigenvalue weighted by Crippen LogP contribution is 2.32. The van der Waals surface area contributed by atoms with Crippen molar-refractivity contribution in [1.29, 1.82) is 0 Å². The molecule has 0 bridgehead atoms. The van der Waals surface area contributed by atoms with Crippen LogP contribution in [0.2, 0.25) is 0 Å². The molecule has 1 aliphatic heterocycles. The molecule has 19 heavy (non-hydrogen) atoms. The third-order valence-electron chi connectivity index (χ3n) is 3.04. The summed E-state index contributed by atoms with van der Waals surface area (Å²) in [5.74, 6) is 1.68. The van der Waals surface area contributed by atoms with E-state index in [2.05, 4.69) is 4.99 Å². The number of Topliss-reactive ketones (excluding diaryl/α,β-unsaturated/α-hetero) is 1. The van der Waals surface area contributed by atoms with Gasteiger partial charge < -0.3 is 14.2 Å². The second kappa shape index (κ2) is 5.73. The predicted molar refractivity (Wildman–Crippen MR) is 71.5 cm³/mol. The number of ether oxygens (including phenoxy) is 3. The van der Waals surface area contributed by atoms with E-state index in [0.717, 1.165) is 5.56 Å². The molecule has 0 unspecified atom stereocenters. The molecule has 1 aliphatic rings. The number of hydrogen-bond acceptors (Lipinski definition) is 5. The molecule has 0 N–H and O–H groups in total. The van der Waals surface area contributed by atoms with Crippen molar-refractivity contribution in [3.63, 3.8) is 0 Å². The van der Waals surface area contributed by atoms with E-state index in [0.29, 0.717) is 36.1 Å². The highest BCUT2D eigenvalue weighted by molar-refractivity contribution is 6.09. The Morgan fingerprint density at radius 1 is 1.37 bits per heavy atom. The van der Waals surface area contributed by atoms with Crippen LogP contribution in [0.3, 0.4) is 0 Å². The fourth-order valence-electron chi connectivity index (χ4n) is 2.10. The molecular formula is C14H17NO4. The summed E-state index contributed by atoms with van der Waals surface area (Å²) in [6.07, 6.45) is 0.169. The van der Waals surface area contributed by atoms with Crippen LogP contribution in [0.4, 0.5) is 0 Å². The summed E-state index contributed by atoms with van der Waals surface area (Å²) in [6, 6.07) is 3.48. The van der Waals surface area contributed by atoms with Gasteiger partial charge in [0.25, 0.3) is 0 Å². The van der Waals surface area contributed by atoms with Crippen molar-refractivity contribution in [2.24, 2.45) is 4.99 Å². The van der Waals surface area contributed by atoms with E-state index in [1.165, 1.54) is 0 Å². The zero-order chi connectivity index (χ0) is 13.8. The minimum absolute atomic E-state index is 0.0664. The molecule has 0 radical (unpaired) electrons. The average molecular weight is 263 g/mol. The summed E-state index contributed by atoms with van der Waals surface area (Å²) in [5, 5.41) is 0. The molecule has 0 aliphatic carbocycles. The van der Waals surface area contributed by atoms with E-state index < -0.39 is 0 Å². The zero-order valence-corrected chi connectivity index (χ0v) is 11.4. The van der Waals surface area contributed by atoms with Crippen LogP contribution in [0.5, 0.6) is 11.5 Å². The summed E-state index contributed by atoms with van der Waals surface area (Å²) >= 11 is 0. The number of hydrogen-bond donors (Lipinski definition) is 0. The molecule has 0 fully saturated rings. The summed E-state index contributed by atoms with van der Waals surface area (Å²) in [4.78, 5) is 16.4. The average Bonchev–Trinajstić information content (AvgIpc) is 2.91. The molecule has 102 valence electrons. The summed E-state index contributed by atoms with van der Waals surface area (Å²) in [7, 11) is 3.13. The normalized spacial score (nSPS) is 13.7. The van der Waals surface area contributed by atoms with Gasteiger partial charge in [0.1, 0.15) is 18.1 Å². The molecule has 1 aromatic carbocycles. The van der Waals surface area contributed by atoms with Gasteiger partial charge in [-0.2, -0.15) is 0 Å². The van der Waals surface area contributed by atoms with Gasteiger partial charge in [-0.1, -0.05) is 0 Å². The maximum atomic E-state index is 12.3. The van der Waals surface area contributed by atoms with Crippen molar-refractivity contribution in [3.8, 4) is 11.5 Å². The van der Waals surface area contributed by atoms with Crippen LogP contribution in [0.25, 0.3) is 0 Å². The molecule has 2 rings (SSSR count). The van der Waals surface area contributed by atoms with Gasteiger partial charge in [0.05, 0.1) is 32.7 Å². The lowest BCUT2D eigenvalue weighted by Crippen LogP contribution is -2.10. The first-order valence-corrected chi connectivity index (χ1v) is 6.08. The van der Waals surface area contributed by atoms with E-state index in [9.17, 15) is 4.79 Å². The molecule has 0 saturated heterocycles. The Labute approximate surface area is 112 Å². The molecule has 0 amide bonds. The van der Waals surface area contributed by atoms with Crippen LogP contribution in [0.15, 0.2) is 17.1 Å². The minimum atomic E-state index is -0.0664. The van der Waals surface area contributed by atoms with E-state index in [1.54, 1.807) is 26.4 Å². The standard InChI is InChI=1S/C14H17NO4/c1-9-12(17-2)5-4-10(14(9)18-3)11(16)8-13-15-6-7-19-13/h4-5H,6-8H2,1-3H3. The van der Waals surface area contributed by atoms with E-state index in [1.807, 2.05) is 6.92 Å². The van der Waals surface area contributed by atoms with Crippen molar-refractivity contribution < 1.29 is 19.0 Å². The lowest BCUT2D eigenvalue weighted by molar-refractivity contribution is 0.0991. The molecule has 0 aromatic heterocycles. The second-order valence-electron chi connectivity index (χ2n) is 4.20. The summed E-state index contributed by atoms with van der Waals surface area (Å²) in [5.41, 5.74) is 1.34. The Morgan fingerprint density at radius 3 is 2.74 bits per heavy atom. The van der Waals surface area contributed by atoms with Crippen molar-refractivity contribution in [2.45, 2.75) is 13.3 Å². The number of benzene rings is 1. The number of methoxy groups -OCH3 is 2. The lowest BCUT2D eigenvalue weighted by Gasteiger charge is -2.13. The fraction of sp³-hybridized carbons (Fsp3) is 0.429. The van der Waals surface area contributed by atoms with Crippen molar-refractivity contribution in [1.82, 2.24) is 0 Å². The van der Waals surface area contributed by atoms with Crippen LogP contribution < -0.4 is 9.47 Å². The van der Waals surface area contributed by atoms with Gasteiger partial charge in [0, 0.05) is 5.56 Å². The maximum Gasteiger partial charge on any atom is 0.191 e. The number of carbonyl (C=O) groups excluding carboxylic acids is 1. The molecule has 1 aromatic rings. The van der Waals surface area contributed by atoms with Gasteiger partial charge >= 0.3 is 0 Å². The fourth-order valence-corrected chi connectivity index (χ4v) is 2.10. The lowest BCUT2D eigenvalue weighted by atomic mass is 10.0. The predicted octanol–water partition coefficient (Wildman–Crippen LogP) is 2.01. The molecule has 0 saturated carbocycles. The van der Waals surface area contributed by atoms with Crippen LogP contribution in [0, 0.1) is 6.92 Å². The van der Waals surface area contributed by atoms with E-state index in [4.69, 9.17) is 14.2 Å². The van der Waals surface area contributed by atoms with Crippen molar-refractivity contribution >= 4 is 11.7 Å². The highest BCUT2D eigenvalue weighted by Gasteiger charge is 2.20. The first kappa shape index (κ1) is 13.4. The Kier molecular flexibility index (Phi) is 4.04. The molecular weight excluding hydrogens is 246 g/mol. The quantitative estimate of drug-likeness (QED) is 0.762. The van der Waals surface area contributed by atoms with Gasteiger partial charge in [0.15, 0.2) is 11.7 Å². The van der Waals surface area contributed by atoms with Crippen LogP contribution in [-0.4, -0.2) is 39.1 Å². The van der Waals surface area contributed by atoms with E-state index >= 15 is 0 Å². The SMILES string of the molecule is COc1ccc(C(=O)CC2=NCCO2)c(OC)c1C. The number of nitrogens with zero attached hydrogens (tertiary/aromatic N) is 1. The highest BCUT2D eigenvalue weighted by atomic mass is 16.5.